The monoisotopic (exact) mass is 243 g/mol. The average molecular weight is 244 g/mol. The van der Waals surface area contributed by atoms with Gasteiger partial charge in [0.05, 0.1) is 18.2 Å². The maximum atomic E-state index is 11.6. The molecule has 0 spiro atoms. The SMILES string of the molecule is O=C(NCC1COCCN1)c1cc(Cl)c[nH]1. The maximum absolute atomic E-state index is 11.6. The van der Waals surface area contributed by atoms with Gasteiger partial charge in [-0.2, -0.15) is 0 Å². The molecule has 0 aliphatic carbocycles. The molecule has 1 aliphatic heterocycles. The molecule has 1 aromatic rings. The summed E-state index contributed by atoms with van der Waals surface area (Å²) < 4.78 is 5.28. The van der Waals surface area contributed by atoms with Crippen LogP contribution in [0.25, 0.3) is 0 Å². The second-order valence-electron chi connectivity index (χ2n) is 3.67. The molecule has 2 rings (SSSR count). The van der Waals surface area contributed by atoms with Gasteiger partial charge in [-0.25, -0.2) is 0 Å². The van der Waals surface area contributed by atoms with Crippen molar-refractivity contribution in [3.8, 4) is 0 Å². The topological polar surface area (TPSA) is 66.2 Å². The molecule has 1 amide bonds. The fourth-order valence-electron chi connectivity index (χ4n) is 1.56. The van der Waals surface area contributed by atoms with E-state index in [4.69, 9.17) is 16.3 Å². The molecular formula is C10H14ClN3O2. The molecule has 1 atom stereocenters. The minimum atomic E-state index is -0.153. The summed E-state index contributed by atoms with van der Waals surface area (Å²) >= 11 is 5.71. The van der Waals surface area contributed by atoms with Crippen LogP contribution >= 0.6 is 11.6 Å². The van der Waals surface area contributed by atoms with Gasteiger partial charge in [0.15, 0.2) is 0 Å². The largest absolute Gasteiger partial charge is 0.378 e. The van der Waals surface area contributed by atoms with Crippen molar-refractivity contribution in [3.63, 3.8) is 0 Å². The van der Waals surface area contributed by atoms with Crippen molar-refractivity contribution in [3.05, 3.63) is 23.0 Å². The summed E-state index contributed by atoms with van der Waals surface area (Å²) in [5.41, 5.74) is 0.474. The zero-order chi connectivity index (χ0) is 11.4. The summed E-state index contributed by atoms with van der Waals surface area (Å²) in [5.74, 6) is -0.153. The molecule has 0 bridgehead atoms. The number of hydrogen-bond donors (Lipinski definition) is 3. The Hall–Kier alpha value is -1.04. The third kappa shape index (κ3) is 2.98. The van der Waals surface area contributed by atoms with E-state index in [1.165, 1.54) is 0 Å². The van der Waals surface area contributed by atoms with Gasteiger partial charge in [-0.1, -0.05) is 11.6 Å². The molecule has 5 nitrogen and oxygen atoms in total. The Morgan fingerprint density at radius 1 is 1.69 bits per heavy atom. The van der Waals surface area contributed by atoms with Crippen LogP contribution in [0.5, 0.6) is 0 Å². The zero-order valence-electron chi connectivity index (χ0n) is 8.75. The van der Waals surface area contributed by atoms with Gasteiger partial charge >= 0.3 is 0 Å². The van der Waals surface area contributed by atoms with E-state index in [9.17, 15) is 4.79 Å². The fourth-order valence-corrected chi connectivity index (χ4v) is 1.72. The van der Waals surface area contributed by atoms with Crippen LogP contribution in [0, 0.1) is 0 Å². The zero-order valence-corrected chi connectivity index (χ0v) is 9.51. The second kappa shape index (κ2) is 5.34. The van der Waals surface area contributed by atoms with E-state index >= 15 is 0 Å². The lowest BCUT2D eigenvalue weighted by Crippen LogP contribution is -2.48. The lowest BCUT2D eigenvalue weighted by Gasteiger charge is -2.23. The second-order valence-corrected chi connectivity index (χ2v) is 4.10. The number of aromatic amines is 1. The lowest BCUT2D eigenvalue weighted by atomic mass is 10.2. The summed E-state index contributed by atoms with van der Waals surface area (Å²) in [7, 11) is 0. The van der Waals surface area contributed by atoms with Crippen molar-refractivity contribution in [1.82, 2.24) is 15.6 Å². The lowest BCUT2D eigenvalue weighted by molar-refractivity contribution is 0.0733. The Bertz CT molecular complexity index is 361. The normalized spacial score (nSPS) is 20.7. The number of rotatable bonds is 3. The maximum Gasteiger partial charge on any atom is 0.267 e. The van der Waals surface area contributed by atoms with Crippen LogP contribution in [0.2, 0.25) is 5.02 Å². The fraction of sp³-hybridized carbons (Fsp3) is 0.500. The molecule has 1 fully saturated rings. The average Bonchev–Trinajstić information content (AvgIpc) is 2.74. The van der Waals surface area contributed by atoms with Crippen LogP contribution < -0.4 is 10.6 Å². The highest BCUT2D eigenvalue weighted by Crippen LogP contribution is 2.08. The summed E-state index contributed by atoms with van der Waals surface area (Å²) in [6.07, 6.45) is 1.58. The minimum Gasteiger partial charge on any atom is -0.378 e. The summed E-state index contributed by atoms with van der Waals surface area (Å²) in [4.78, 5) is 14.4. The first-order valence-electron chi connectivity index (χ1n) is 5.19. The van der Waals surface area contributed by atoms with Gasteiger partial charge in [0.1, 0.15) is 5.69 Å². The van der Waals surface area contributed by atoms with Gasteiger partial charge in [0.2, 0.25) is 0 Å². The van der Waals surface area contributed by atoms with E-state index in [0.717, 1.165) is 13.2 Å². The van der Waals surface area contributed by atoms with E-state index in [1.807, 2.05) is 0 Å². The molecule has 1 saturated heterocycles. The standard InChI is InChI=1S/C10H14ClN3O2/c11-7-3-9(13-4-7)10(15)14-5-8-6-16-2-1-12-8/h3-4,8,12-13H,1-2,5-6H2,(H,14,15). The molecule has 0 aromatic carbocycles. The van der Waals surface area contributed by atoms with Gasteiger partial charge in [-0.05, 0) is 6.07 Å². The van der Waals surface area contributed by atoms with Gasteiger partial charge in [0.25, 0.3) is 5.91 Å². The first-order valence-corrected chi connectivity index (χ1v) is 5.57. The number of H-pyrrole nitrogens is 1. The molecule has 0 saturated carbocycles. The Balaban J connectivity index is 1.79. The summed E-state index contributed by atoms with van der Waals surface area (Å²) in [5, 5.41) is 6.60. The van der Waals surface area contributed by atoms with Crippen molar-refractivity contribution >= 4 is 17.5 Å². The van der Waals surface area contributed by atoms with E-state index < -0.39 is 0 Å². The van der Waals surface area contributed by atoms with Crippen LogP contribution in [0.15, 0.2) is 12.3 Å². The number of morpholine rings is 1. The Labute approximate surface area is 98.5 Å². The molecule has 0 radical (unpaired) electrons. The Morgan fingerprint density at radius 3 is 3.19 bits per heavy atom. The van der Waals surface area contributed by atoms with Crippen molar-refractivity contribution in [2.75, 3.05) is 26.3 Å². The highest BCUT2D eigenvalue weighted by Gasteiger charge is 2.14. The van der Waals surface area contributed by atoms with Gasteiger partial charge in [-0.15, -0.1) is 0 Å². The molecule has 6 heteroatoms. The number of ether oxygens (including phenoxy) is 1. The number of aromatic nitrogens is 1. The smallest absolute Gasteiger partial charge is 0.267 e. The molecule has 1 aliphatic rings. The third-order valence-corrected chi connectivity index (χ3v) is 2.62. The van der Waals surface area contributed by atoms with Crippen molar-refractivity contribution in [2.24, 2.45) is 0 Å². The molecular weight excluding hydrogens is 230 g/mol. The molecule has 2 heterocycles. The van der Waals surface area contributed by atoms with E-state index in [-0.39, 0.29) is 11.9 Å². The predicted octanol–water partition coefficient (Wildman–Crippen LogP) is 0.386. The first-order chi connectivity index (χ1) is 7.75. The molecule has 1 unspecified atom stereocenters. The highest BCUT2D eigenvalue weighted by molar-refractivity contribution is 6.30. The Kier molecular flexibility index (Phi) is 3.82. The van der Waals surface area contributed by atoms with Crippen molar-refractivity contribution in [2.45, 2.75) is 6.04 Å². The summed E-state index contributed by atoms with van der Waals surface area (Å²) in [6, 6.07) is 1.78. The molecule has 88 valence electrons. The number of carbonyl (C=O) groups excluding carboxylic acids is 1. The number of halogens is 1. The van der Waals surface area contributed by atoms with Crippen molar-refractivity contribution < 1.29 is 9.53 Å². The number of amides is 1. The van der Waals surface area contributed by atoms with Crippen LogP contribution in [-0.4, -0.2) is 43.2 Å². The van der Waals surface area contributed by atoms with Gasteiger partial charge in [0, 0.05) is 25.3 Å². The van der Waals surface area contributed by atoms with Crippen LogP contribution in [0.4, 0.5) is 0 Å². The molecule has 3 N–H and O–H groups in total. The van der Waals surface area contributed by atoms with Gasteiger partial charge in [-0.3, -0.25) is 4.79 Å². The highest BCUT2D eigenvalue weighted by atomic mass is 35.5. The van der Waals surface area contributed by atoms with Crippen molar-refractivity contribution in [1.29, 1.82) is 0 Å². The molecule has 1 aromatic heterocycles. The predicted molar refractivity (Wildman–Crippen MR) is 60.7 cm³/mol. The number of nitrogens with one attached hydrogen (secondary N) is 3. The van der Waals surface area contributed by atoms with Gasteiger partial charge < -0.3 is 20.4 Å². The van der Waals surface area contributed by atoms with Crippen LogP contribution in [-0.2, 0) is 4.74 Å². The quantitative estimate of drug-likeness (QED) is 0.720. The molecule has 16 heavy (non-hydrogen) atoms. The Morgan fingerprint density at radius 2 is 2.56 bits per heavy atom. The van der Waals surface area contributed by atoms with E-state index in [2.05, 4.69) is 15.6 Å². The van der Waals surface area contributed by atoms with Crippen LogP contribution in [0.1, 0.15) is 10.5 Å². The van der Waals surface area contributed by atoms with Crippen LogP contribution in [0.3, 0.4) is 0 Å². The first kappa shape index (κ1) is 11.4. The van der Waals surface area contributed by atoms with E-state index in [1.54, 1.807) is 12.3 Å². The third-order valence-electron chi connectivity index (χ3n) is 2.40. The number of carbonyl (C=O) groups is 1. The minimum absolute atomic E-state index is 0.153. The van der Waals surface area contributed by atoms with E-state index in [0.29, 0.717) is 23.9 Å². The number of hydrogen-bond acceptors (Lipinski definition) is 3. The summed E-state index contributed by atoms with van der Waals surface area (Å²) in [6.45, 7) is 2.74.